The molecule has 0 aliphatic carbocycles. The summed E-state index contributed by atoms with van der Waals surface area (Å²) in [5, 5.41) is 12.2. The molecule has 0 radical (unpaired) electrons. The van der Waals surface area contributed by atoms with Crippen molar-refractivity contribution in [2.24, 2.45) is 0 Å². The molecular weight excluding hydrogens is 383 g/mol. The van der Waals surface area contributed by atoms with Gasteiger partial charge in [0.15, 0.2) is 11.5 Å². The quantitative estimate of drug-likeness (QED) is 0.721. The van der Waals surface area contributed by atoms with Crippen LogP contribution in [0.2, 0.25) is 0 Å². The van der Waals surface area contributed by atoms with E-state index in [1.165, 1.54) is 24.5 Å². The van der Waals surface area contributed by atoms with Crippen LogP contribution in [0, 0.1) is 17.1 Å². The van der Waals surface area contributed by atoms with Gasteiger partial charge in [0.2, 0.25) is 0 Å². The third-order valence-corrected chi connectivity index (χ3v) is 5.06. The van der Waals surface area contributed by atoms with E-state index in [2.05, 4.69) is 26.3 Å². The molecule has 30 heavy (non-hydrogen) atoms. The van der Waals surface area contributed by atoms with Crippen molar-refractivity contribution in [3.63, 3.8) is 0 Å². The van der Waals surface area contributed by atoms with Gasteiger partial charge in [0, 0.05) is 43.3 Å². The van der Waals surface area contributed by atoms with Gasteiger partial charge in [0.25, 0.3) is 5.91 Å². The van der Waals surface area contributed by atoms with E-state index < -0.39 is 0 Å². The van der Waals surface area contributed by atoms with Crippen LogP contribution in [0.5, 0.6) is 0 Å². The van der Waals surface area contributed by atoms with Crippen molar-refractivity contribution >= 4 is 11.7 Å². The maximum Gasteiger partial charge on any atom is 0.253 e. The van der Waals surface area contributed by atoms with Crippen LogP contribution < -0.4 is 10.2 Å². The minimum absolute atomic E-state index is 0.0267. The molecule has 2 aromatic heterocycles. The van der Waals surface area contributed by atoms with Crippen molar-refractivity contribution in [2.75, 3.05) is 18.0 Å². The van der Waals surface area contributed by atoms with Crippen LogP contribution in [-0.2, 0) is 0 Å². The van der Waals surface area contributed by atoms with E-state index in [4.69, 9.17) is 0 Å². The standard InChI is InChI=1S/C22H19FN6O/c23-17-3-1-2-15(12-17)19-5-4-16(14-27-19)22(30)28-18-6-10-29(11-7-18)21-20(13-24)25-8-9-26-21/h1-5,8-9,12,14,18H,6-7,10-11H2,(H,28,30). The first-order chi connectivity index (χ1) is 14.6. The fourth-order valence-electron chi connectivity index (χ4n) is 3.49. The van der Waals surface area contributed by atoms with Gasteiger partial charge in [0.1, 0.15) is 11.9 Å². The molecule has 1 fully saturated rings. The van der Waals surface area contributed by atoms with E-state index in [1.54, 1.807) is 30.5 Å². The number of amides is 1. The average Bonchev–Trinajstić information content (AvgIpc) is 2.79. The third-order valence-electron chi connectivity index (χ3n) is 5.06. The van der Waals surface area contributed by atoms with Crippen molar-refractivity contribution in [2.45, 2.75) is 18.9 Å². The smallest absolute Gasteiger partial charge is 0.253 e. The maximum atomic E-state index is 13.4. The number of rotatable bonds is 4. The number of nitrogens with one attached hydrogen (secondary N) is 1. The molecule has 3 aromatic rings. The highest BCUT2D eigenvalue weighted by molar-refractivity contribution is 5.94. The van der Waals surface area contributed by atoms with Crippen LogP contribution in [0.1, 0.15) is 28.9 Å². The largest absolute Gasteiger partial charge is 0.354 e. The van der Waals surface area contributed by atoms with Gasteiger partial charge in [-0.15, -0.1) is 0 Å². The van der Waals surface area contributed by atoms with E-state index >= 15 is 0 Å². The molecule has 3 heterocycles. The zero-order chi connectivity index (χ0) is 20.9. The number of hydrogen-bond acceptors (Lipinski definition) is 6. The molecular formula is C22H19FN6O. The zero-order valence-electron chi connectivity index (χ0n) is 16.1. The van der Waals surface area contributed by atoms with E-state index in [0.29, 0.717) is 41.4 Å². The molecule has 1 aromatic carbocycles. The molecule has 8 heteroatoms. The summed E-state index contributed by atoms with van der Waals surface area (Å²) in [5.74, 6) is 0.0664. The number of nitriles is 1. The lowest BCUT2D eigenvalue weighted by Crippen LogP contribution is -2.45. The number of anilines is 1. The summed E-state index contributed by atoms with van der Waals surface area (Å²) < 4.78 is 13.4. The molecule has 1 amide bonds. The van der Waals surface area contributed by atoms with Crippen LogP contribution in [0.15, 0.2) is 55.0 Å². The summed E-state index contributed by atoms with van der Waals surface area (Å²) in [5.41, 5.74) is 2.04. The number of pyridine rings is 1. The molecule has 1 N–H and O–H groups in total. The number of hydrogen-bond donors (Lipinski definition) is 1. The van der Waals surface area contributed by atoms with Gasteiger partial charge in [0.05, 0.1) is 11.3 Å². The van der Waals surface area contributed by atoms with Crippen LogP contribution in [-0.4, -0.2) is 40.0 Å². The zero-order valence-corrected chi connectivity index (χ0v) is 16.1. The maximum absolute atomic E-state index is 13.4. The summed E-state index contributed by atoms with van der Waals surface area (Å²) >= 11 is 0. The van der Waals surface area contributed by atoms with Gasteiger partial charge in [-0.05, 0) is 37.1 Å². The van der Waals surface area contributed by atoms with Gasteiger partial charge in [-0.3, -0.25) is 9.78 Å². The minimum Gasteiger partial charge on any atom is -0.354 e. The predicted molar refractivity (Wildman–Crippen MR) is 109 cm³/mol. The van der Waals surface area contributed by atoms with Crippen LogP contribution in [0.25, 0.3) is 11.3 Å². The Kier molecular flexibility index (Phi) is 5.61. The molecule has 7 nitrogen and oxygen atoms in total. The van der Waals surface area contributed by atoms with Gasteiger partial charge < -0.3 is 10.2 Å². The second-order valence-electron chi connectivity index (χ2n) is 7.02. The number of halogens is 1. The Morgan fingerprint density at radius 2 is 1.93 bits per heavy atom. The van der Waals surface area contributed by atoms with Crippen LogP contribution in [0.4, 0.5) is 10.2 Å². The minimum atomic E-state index is -0.328. The molecule has 1 aliphatic rings. The number of piperidine rings is 1. The summed E-state index contributed by atoms with van der Waals surface area (Å²) in [6, 6.07) is 11.7. The van der Waals surface area contributed by atoms with Crippen molar-refractivity contribution in [1.29, 1.82) is 5.26 Å². The topological polar surface area (TPSA) is 94.8 Å². The Hall–Kier alpha value is -3.86. The molecule has 0 atom stereocenters. The predicted octanol–water partition coefficient (Wildman–Crippen LogP) is 2.95. The monoisotopic (exact) mass is 402 g/mol. The highest BCUT2D eigenvalue weighted by Crippen LogP contribution is 2.21. The Labute approximate surface area is 173 Å². The number of nitrogens with zero attached hydrogens (tertiary/aromatic N) is 5. The van der Waals surface area contributed by atoms with E-state index in [1.807, 2.05) is 4.90 Å². The molecule has 0 unspecified atom stereocenters. The molecule has 0 bridgehead atoms. The fraction of sp³-hybridized carbons (Fsp3) is 0.227. The fourth-order valence-corrected chi connectivity index (χ4v) is 3.49. The van der Waals surface area contributed by atoms with E-state index in [9.17, 15) is 14.4 Å². The van der Waals surface area contributed by atoms with E-state index in [-0.39, 0.29) is 17.8 Å². The lowest BCUT2D eigenvalue weighted by Gasteiger charge is -2.33. The Balaban J connectivity index is 1.35. The third kappa shape index (κ3) is 4.25. The second kappa shape index (κ2) is 8.66. The highest BCUT2D eigenvalue weighted by atomic mass is 19.1. The Morgan fingerprint density at radius 3 is 2.63 bits per heavy atom. The SMILES string of the molecule is N#Cc1nccnc1N1CCC(NC(=O)c2ccc(-c3cccc(F)c3)nc2)CC1. The van der Waals surface area contributed by atoms with Crippen molar-refractivity contribution in [3.8, 4) is 17.3 Å². The van der Waals surface area contributed by atoms with E-state index in [0.717, 1.165) is 12.8 Å². The van der Waals surface area contributed by atoms with Crippen molar-refractivity contribution in [3.05, 3.63) is 72.1 Å². The molecule has 4 rings (SSSR count). The summed E-state index contributed by atoms with van der Waals surface area (Å²) in [6.07, 6.45) is 6.06. The molecule has 1 aliphatic heterocycles. The average molecular weight is 402 g/mol. The number of carbonyl (C=O) groups excluding carboxylic acids is 1. The number of carbonyl (C=O) groups is 1. The molecule has 150 valence electrons. The number of aromatic nitrogens is 3. The highest BCUT2D eigenvalue weighted by Gasteiger charge is 2.24. The summed E-state index contributed by atoms with van der Waals surface area (Å²) in [7, 11) is 0. The summed E-state index contributed by atoms with van der Waals surface area (Å²) in [6.45, 7) is 1.35. The Bertz CT molecular complexity index is 1090. The first kappa shape index (κ1) is 19.5. The van der Waals surface area contributed by atoms with Crippen molar-refractivity contribution < 1.29 is 9.18 Å². The van der Waals surface area contributed by atoms with Gasteiger partial charge in [-0.1, -0.05) is 12.1 Å². The molecule has 0 saturated carbocycles. The van der Waals surface area contributed by atoms with Crippen LogP contribution >= 0.6 is 0 Å². The second-order valence-corrected chi connectivity index (χ2v) is 7.02. The first-order valence-corrected chi connectivity index (χ1v) is 9.63. The summed E-state index contributed by atoms with van der Waals surface area (Å²) in [4.78, 5) is 27.2. The molecule has 1 saturated heterocycles. The van der Waals surface area contributed by atoms with Gasteiger partial charge in [-0.2, -0.15) is 5.26 Å². The van der Waals surface area contributed by atoms with Gasteiger partial charge >= 0.3 is 0 Å². The number of benzene rings is 1. The van der Waals surface area contributed by atoms with Gasteiger partial charge in [-0.25, -0.2) is 14.4 Å². The normalized spacial score (nSPS) is 14.2. The Morgan fingerprint density at radius 1 is 1.13 bits per heavy atom. The lowest BCUT2D eigenvalue weighted by atomic mass is 10.0. The molecule has 0 spiro atoms. The van der Waals surface area contributed by atoms with Crippen molar-refractivity contribution in [1.82, 2.24) is 20.3 Å². The lowest BCUT2D eigenvalue weighted by molar-refractivity contribution is 0.0930. The first-order valence-electron chi connectivity index (χ1n) is 9.63. The van der Waals surface area contributed by atoms with Crippen LogP contribution in [0.3, 0.4) is 0 Å².